The zero-order chi connectivity index (χ0) is 24.8. The Morgan fingerprint density at radius 1 is 1.03 bits per heavy atom. The molecular formula is C28H34N2O5. The van der Waals surface area contributed by atoms with Crippen LogP contribution < -0.4 is 5.32 Å². The summed E-state index contributed by atoms with van der Waals surface area (Å²) in [6.45, 7) is 1.92. The molecule has 0 heterocycles. The first-order chi connectivity index (χ1) is 17.0. The predicted octanol–water partition coefficient (Wildman–Crippen LogP) is 4.94. The lowest BCUT2D eigenvalue weighted by Crippen LogP contribution is -2.43. The van der Waals surface area contributed by atoms with Crippen molar-refractivity contribution >= 4 is 18.0 Å². The third kappa shape index (κ3) is 5.84. The smallest absolute Gasteiger partial charge is 0.407 e. The van der Waals surface area contributed by atoms with Crippen molar-refractivity contribution in [1.82, 2.24) is 10.2 Å². The molecule has 186 valence electrons. The van der Waals surface area contributed by atoms with E-state index in [2.05, 4.69) is 29.6 Å². The molecule has 0 aromatic heterocycles. The maximum absolute atomic E-state index is 12.8. The molecule has 2 N–H and O–H groups in total. The number of carbonyl (C=O) groups excluding carboxylic acids is 2. The number of nitrogens with one attached hydrogen (secondary N) is 1. The Hall–Kier alpha value is -3.35. The molecule has 1 saturated carbocycles. The normalized spacial score (nSPS) is 15.8. The van der Waals surface area contributed by atoms with Gasteiger partial charge in [0, 0.05) is 24.4 Å². The van der Waals surface area contributed by atoms with Crippen LogP contribution >= 0.6 is 0 Å². The van der Waals surface area contributed by atoms with Gasteiger partial charge < -0.3 is 20.1 Å². The Morgan fingerprint density at radius 2 is 1.63 bits per heavy atom. The molecule has 2 aliphatic carbocycles. The fourth-order valence-corrected chi connectivity index (χ4v) is 5.41. The summed E-state index contributed by atoms with van der Waals surface area (Å²) in [5.41, 5.74) is 4.67. The molecule has 0 radical (unpaired) electrons. The number of amides is 2. The number of hydrogen-bond donors (Lipinski definition) is 2. The summed E-state index contributed by atoms with van der Waals surface area (Å²) in [7, 11) is 0. The van der Waals surface area contributed by atoms with E-state index < -0.39 is 12.1 Å². The molecule has 1 fully saturated rings. The molecule has 35 heavy (non-hydrogen) atoms. The molecule has 0 aliphatic heterocycles. The number of alkyl carbamates (subject to hydrolysis) is 1. The van der Waals surface area contributed by atoms with Crippen LogP contribution in [0.4, 0.5) is 4.79 Å². The van der Waals surface area contributed by atoms with Crippen molar-refractivity contribution in [3.63, 3.8) is 0 Å². The van der Waals surface area contributed by atoms with E-state index in [1.165, 1.54) is 16.0 Å². The Kier molecular flexibility index (Phi) is 8.06. The van der Waals surface area contributed by atoms with E-state index in [9.17, 15) is 19.5 Å². The van der Waals surface area contributed by atoms with E-state index in [0.29, 0.717) is 12.8 Å². The van der Waals surface area contributed by atoms with Crippen LogP contribution in [-0.2, 0) is 14.3 Å². The van der Waals surface area contributed by atoms with Gasteiger partial charge in [-0.25, -0.2) is 4.79 Å². The van der Waals surface area contributed by atoms with Gasteiger partial charge in [0.05, 0.1) is 0 Å². The van der Waals surface area contributed by atoms with Crippen LogP contribution in [0.25, 0.3) is 11.1 Å². The van der Waals surface area contributed by atoms with Gasteiger partial charge in [0.25, 0.3) is 0 Å². The van der Waals surface area contributed by atoms with Crippen molar-refractivity contribution in [1.29, 1.82) is 0 Å². The molecule has 7 heteroatoms. The summed E-state index contributed by atoms with van der Waals surface area (Å²) < 4.78 is 5.64. The van der Waals surface area contributed by atoms with E-state index in [4.69, 9.17) is 4.74 Å². The number of carbonyl (C=O) groups is 3. The van der Waals surface area contributed by atoms with Crippen molar-refractivity contribution in [3.05, 3.63) is 59.7 Å². The molecule has 7 nitrogen and oxygen atoms in total. The van der Waals surface area contributed by atoms with Crippen LogP contribution in [0.3, 0.4) is 0 Å². The van der Waals surface area contributed by atoms with Gasteiger partial charge >= 0.3 is 12.1 Å². The standard InChI is InChI=1S/C28H34N2O5/c1-2-19(15-16-26(31)30(17-27(32)33)20-9-3-4-10-20)29-28(34)35-18-25-23-13-7-5-11-21(23)22-12-6-8-14-24(22)25/h5-8,11-14,19-20,25H,2-4,9-10,15-18H2,1H3,(H,29,34)(H,32,33). The minimum atomic E-state index is -0.992. The van der Waals surface area contributed by atoms with E-state index in [1.807, 2.05) is 31.2 Å². The number of aliphatic carboxylic acids is 1. The molecule has 0 spiro atoms. The Morgan fingerprint density at radius 3 is 2.20 bits per heavy atom. The zero-order valence-corrected chi connectivity index (χ0v) is 20.2. The van der Waals surface area contributed by atoms with E-state index in [-0.39, 0.29) is 43.5 Å². The highest BCUT2D eigenvalue weighted by Crippen LogP contribution is 2.44. The van der Waals surface area contributed by atoms with Crippen LogP contribution in [0.1, 0.15) is 68.9 Å². The second-order valence-corrected chi connectivity index (χ2v) is 9.47. The molecule has 1 atom stereocenters. The van der Waals surface area contributed by atoms with Crippen LogP contribution in [0.2, 0.25) is 0 Å². The van der Waals surface area contributed by atoms with E-state index in [0.717, 1.165) is 36.8 Å². The maximum atomic E-state index is 12.8. The highest BCUT2D eigenvalue weighted by molar-refractivity contribution is 5.82. The number of rotatable bonds is 10. The van der Waals surface area contributed by atoms with Gasteiger partial charge in [-0.2, -0.15) is 0 Å². The van der Waals surface area contributed by atoms with Gasteiger partial charge in [0.1, 0.15) is 13.2 Å². The fraction of sp³-hybridized carbons (Fsp3) is 0.464. The first kappa shape index (κ1) is 24.8. The van der Waals surface area contributed by atoms with Crippen LogP contribution in [-0.4, -0.2) is 53.2 Å². The summed E-state index contributed by atoms with van der Waals surface area (Å²) in [5.74, 6) is -1.16. The molecule has 2 aromatic rings. The van der Waals surface area contributed by atoms with Gasteiger partial charge in [-0.05, 0) is 47.9 Å². The van der Waals surface area contributed by atoms with Gasteiger partial charge in [-0.15, -0.1) is 0 Å². The number of carboxylic acids is 1. The lowest BCUT2D eigenvalue weighted by Gasteiger charge is -2.28. The minimum Gasteiger partial charge on any atom is -0.480 e. The number of benzene rings is 2. The van der Waals surface area contributed by atoms with Crippen molar-refractivity contribution in [2.75, 3.05) is 13.2 Å². The molecular weight excluding hydrogens is 444 g/mol. The lowest BCUT2D eigenvalue weighted by atomic mass is 9.98. The quantitative estimate of drug-likeness (QED) is 0.504. The summed E-state index contributed by atoms with van der Waals surface area (Å²) in [4.78, 5) is 38.2. The summed E-state index contributed by atoms with van der Waals surface area (Å²) >= 11 is 0. The van der Waals surface area contributed by atoms with Crippen molar-refractivity contribution in [3.8, 4) is 11.1 Å². The Balaban J connectivity index is 1.30. The minimum absolute atomic E-state index is 0.00812. The number of fused-ring (bicyclic) bond motifs is 3. The molecule has 0 saturated heterocycles. The van der Waals surface area contributed by atoms with Gasteiger partial charge in [0.15, 0.2) is 0 Å². The summed E-state index contributed by atoms with van der Waals surface area (Å²) in [5, 5.41) is 12.1. The molecule has 2 aromatic carbocycles. The zero-order valence-electron chi connectivity index (χ0n) is 20.2. The molecule has 0 bridgehead atoms. The molecule has 2 aliphatic rings. The maximum Gasteiger partial charge on any atom is 0.407 e. The highest BCUT2D eigenvalue weighted by Gasteiger charge is 2.30. The first-order valence-electron chi connectivity index (χ1n) is 12.6. The highest BCUT2D eigenvalue weighted by atomic mass is 16.5. The second-order valence-electron chi connectivity index (χ2n) is 9.47. The van der Waals surface area contributed by atoms with Crippen LogP contribution in [0, 0.1) is 0 Å². The predicted molar refractivity (Wildman–Crippen MR) is 133 cm³/mol. The largest absolute Gasteiger partial charge is 0.480 e. The van der Waals surface area contributed by atoms with Crippen molar-refractivity contribution < 1.29 is 24.2 Å². The van der Waals surface area contributed by atoms with Crippen molar-refractivity contribution in [2.45, 2.75) is 69.9 Å². The second kappa shape index (κ2) is 11.4. The third-order valence-corrected chi connectivity index (χ3v) is 7.26. The SMILES string of the molecule is CCC(CCC(=O)N(CC(=O)O)C1CCCC1)NC(=O)OCC1c2ccccc2-c2ccccc21. The third-order valence-electron chi connectivity index (χ3n) is 7.26. The Labute approximate surface area is 206 Å². The number of ether oxygens (including phenoxy) is 1. The number of hydrogen-bond acceptors (Lipinski definition) is 4. The monoisotopic (exact) mass is 478 g/mol. The molecule has 4 rings (SSSR count). The van der Waals surface area contributed by atoms with E-state index in [1.54, 1.807) is 0 Å². The molecule has 2 amide bonds. The number of nitrogens with zero attached hydrogens (tertiary/aromatic N) is 1. The average molecular weight is 479 g/mol. The van der Waals surface area contributed by atoms with Gasteiger partial charge in [-0.3, -0.25) is 9.59 Å². The topological polar surface area (TPSA) is 95.9 Å². The van der Waals surface area contributed by atoms with Crippen LogP contribution in [0.15, 0.2) is 48.5 Å². The average Bonchev–Trinajstić information content (AvgIpc) is 3.50. The molecule has 1 unspecified atom stereocenters. The van der Waals surface area contributed by atoms with Crippen molar-refractivity contribution in [2.24, 2.45) is 0 Å². The van der Waals surface area contributed by atoms with Crippen LogP contribution in [0.5, 0.6) is 0 Å². The first-order valence-corrected chi connectivity index (χ1v) is 12.6. The summed E-state index contributed by atoms with van der Waals surface area (Å²) in [6, 6.07) is 16.2. The lowest BCUT2D eigenvalue weighted by molar-refractivity contribution is -0.146. The fourth-order valence-electron chi connectivity index (χ4n) is 5.41. The van der Waals surface area contributed by atoms with Gasteiger partial charge in [0.2, 0.25) is 5.91 Å². The number of carboxylic acid groups (broad SMARTS) is 1. The Bertz CT molecular complexity index is 1020. The van der Waals surface area contributed by atoms with E-state index >= 15 is 0 Å². The summed E-state index contributed by atoms with van der Waals surface area (Å²) in [6.07, 6.45) is 4.56. The van der Waals surface area contributed by atoms with Gasteiger partial charge in [-0.1, -0.05) is 68.3 Å².